The van der Waals surface area contributed by atoms with Crippen LogP contribution >= 0.6 is 11.8 Å². The highest BCUT2D eigenvalue weighted by molar-refractivity contribution is 7.98. The summed E-state index contributed by atoms with van der Waals surface area (Å²) in [6, 6.07) is 16.2. The molecule has 4 rings (SSSR count). The second-order valence-corrected chi connectivity index (χ2v) is 7.30. The van der Waals surface area contributed by atoms with Crippen molar-refractivity contribution < 1.29 is 4.52 Å². The zero-order valence-electron chi connectivity index (χ0n) is 15.7. The molecule has 0 atom stereocenters. The first-order valence-corrected chi connectivity index (χ1v) is 10.1. The molecule has 0 aliphatic rings. The van der Waals surface area contributed by atoms with Crippen LogP contribution in [0, 0.1) is 11.3 Å². The number of nitrogens with zero attached hydrogens (tertiary/aromatic N) is 5. The van der Waals surface area contributed by atoms with E-state index in [1.54, 1.807) is 34.9 Å². The highest BCUT2D eigenvalue weighted by Gasteiger charge is 2.15. The number of aromatic nitrogens is 4. The van der Waals surface area contributed by atoms with Gasteiger partial charge in [-0.3, -0.25) is 9.36 Å². The Balaban J connectivity index is 1.76. The number of para-hydroxylation sites is 1. The predicted octanol–water partition coefficient (Wildman–Crippen LogP) is 3.89. The van der Waals surface area contributed by atoms with E-state index < -0.39 is 0 Å². The minimum Gasteiger partial charge on any atom is -0.339 e. The van der Waals surface area contributed by atoms with Crippen LogP contribution in [0.3, 0.4) is 0 Å². The summed E-state index contributed by atoms with van der Waals surface area (Å²) < 4.78 is 6.79. The van der Waals surface area contributed by atoms with E-state index in [2.05, 4.69) is 21.2 Å². The fraction of sp³-hybridized carbons (Fsp3) is 0.190. The molecule has 29 heavy (non-hydrogen) atoms. The van der Waals surface area contributed by atoms with E-state index in [9.17, 15) is 4.79 Å². The molecule has 8 heteroatoms. The van der Waals surface area contributed by atoms with Gasteiger partial charge in [-0.2, -0.15) is 10.2 Å². The van der Waals surface area contributed by atoms with Gasteiger partial charge in [0.25, 0.3) is 5.56 Å². The van der Waals surface area contributed by atoms with E-state index in [0.29, 0.717) is 44.8 Å². The highest BCUT2D eigenvalue weighted by atomic mass is 32.2. The third-order valence-electron chi connectivity index (χ3n) is 4.30. The van der Waals surface area contributed by atoms with Crippen LogP contribution in [0.25, 0.3) is 16.6 Å². The van der Waals surface area contributed by atoms with Crippen molar-refractivity contribution in [2.24, 2.45) is 0 Å². The Labute approximate surface area is 171 Å². The summed E-state index contributed by atoms with van der Waals surface area (Å²) in [5, 5.41) is 14.1. The van der Waals surface area contributed by atoms with Crippen LogP contribution in [0.15, 0.2) is 63.0 Å². The Hall–Kier alpha value is -3.44. The van der Waals surface area contributed by atoms with E-state index in [1.165, 1.54) is 11.8 Å². The lowest BCUT2D eigenvalue weighted by molar-refractivity contribution is 0.373. The summed E-state index contributed by atoms with van der Waals surface area (Å²) in [5.74, 6) is 1.60. The van der Waals surface area contributed by atoms with Crippen molar-refractivity contribution in [1.29, 1.82) is 5.26 Å². The number of thioether (sulfide) groups is 1. The molecule has 2 aromatic carbocycles. The summed E-state index contributed by atoms with van der Waals surface area (Å²) in [4.78, 5) is 22.3. The molecule has 0 N–H and O–H groups in total. The standard InChI is InChI=1S/C21H17N5O2S/c1-2-5-19-24-18(25-28-19)13-29-21-23-17-7-4-3-6-16(17)20(27)26(21)15-10-8-14(12-22)9-11-15/h3-4,6-11H,2,5,13H2,1H3. The Morgan fingerprint density at radius 1 is 1.14 bits per heavy atom. The molecule has 0 aliphatic carbocycles. The van der Waals surface area contributed by atoms with E-state index in [0.717, 1.165) is 12.8 Å². The smallest absolute Gasteiger partial charge is 0.266 e. The molecule has 0 amide bonds. The molecule has 2 heterocycles. The normalized spacial score (nSPS) is 10.9. The van der Waals surface area contributed by atoms with Gasteiger partial charge in [-0.15, -0.1) is 0 Å². The number of fused-ring (bicyclic) bond motifs is 1. The van der Waals surface area contributed by atoms with Gasteiger partial charge in [-0.1, -0.05) is 36.0 Å². The van der Waals surface area contributed by atoms with Gasteiger partial charge in [0.1, 0.15) is 0 Å². The third kappa shape index (κ3) is 3.91. The maximum absolute atomic E-state index is 13.2. The van der Waals surface area contributed by atoms with Crippen LogP contribution in [-0.4, -0.2) is 19.7 Å². The Bertz CT molecular complexity index is 1250. The van der Waals surface area contributed by atoms with Crippen molar-refractivity contribution in [2.45, 2.75) is 30.7 Å². The Kier molecular flexibility index (Phi) is 5.40. The summed E-state index contributed by atoms with van der Waals surface area (Å²) in [6.45, 7) is 2.05. The van der Waals surface area contributed by atoms with Crippen LogP contribution in [0.2, 0.25) is 0 Å². The lowest BCUT2D eigenvalue weighted by atomic mass is 10.2. The molecule has 0 spiro atoms. The SMILES string of the molecule is CCCc1nc(CSc2nc3ccccc3c(=O)n2-c2ccc(C#N)cc2)no1. The average molecular weight is 403 g/mol. The molecule has 0 saturated heterocycles. The monoisotopic (exact) mass is 403 g/mol. The summed E-state index contributed by atoms with van der Waals surface area (Å²) >= 11 is 1.37. The van der Waals surface area contributed by atoms with E-state index >= 15 is 0 Å². The second-order valence-electron chi connectivity index (χ2n) is 6.35. The molecule has 2 aromatic heterocycles. The first-order valence-electron chi connectivity index (χ1n) is 9.16. The van der Waals surface area contributed by atoms with Crippen molar-refractivity contribution >= 4 is 22.7 Å². The molecule has 0 fully saturated rings. The zero-order chi connectivity index (χ0) is 20.2. The van der Waals surface area contributed by atoms with Crippen molar-refractivity contribution in [3.8, 4) is 11.8 Å². The molecule has 0 aliphatic heterocycles. The van der Waals surface area contributed by atoms with Gasteiger partial charge < -0.3 is 4.52 Å². The molecule has 144 valence electrons. The van der Waals surface area contributed by atoms with Crippen molar-refractivity contribution in [3.05, 3.63) is 76.2 Å². The first kappa shape index (κ1) is 18.9. The quantitative estimate of drug-likeness (QED) is 0.356. The van der Waals surface area contributed by atoms with Crippen LogP contribution < -0.4 is 5.56 Å². The van der Waals surface area contributed by atoms with Gasteiger partial charge in [0.15, 0.2) is 11.0 Å². The van der Waals surface area contributed by atoms with E-state index in [1.807, 2.05) is 25.1 Å². The molecule has 0 saturated carbocycles. The highest BCUT2D eigenvalue weighted by Crippen LogP contribution is 2.24. The van der Waals surface area contributed by atoms with Crippen molar-refractivity contribution in [3.63, 3.8) is 0 Å². The van der Waals surface area contributed by atoms with Crippen molar-refractivity contribution in [1.82, 2.24) is 19.7 Å². The number of hydrogen-bond donors (Lipinski definition) is 0. The van der Waals surface area contributed by atoms with E-state index in [-0.39, 0.29) is 5.56 Å². The van der Waals surface area contributed by atoms with Gasteiger partial charge >= 0.3 is 0 Å². The number of nitriles is 1. The topological polar surface area (TPSA) is 97.6 Å². The van der Waals surface area contributed by atoms with Gasteiger partial charge in [0, 0.05) is 6.42 Å². The van der Waals surface area contributed by atoms with Gasteiger partial charge in [0.05, 0.1) is 34.0 Å². The van der Waals surface area contributed by atoms with Crippen LogP contribution in [0.1, 0.15) is 30.6 Å². The van der Waals surface area contributed by atoms with Gasteiger partial charge in [-0.05, 0) is 42.8 Å². The van der Waals surface area contributed by atoms with E-state index in [4.69, 9.17) is 9.78 Å². The molecular weight excluding hydrogens is 386 g/mol. The zero-order valence-corrected chi connectivity index (χ0v) is 16.5. The Morgan fingerprint density at radius 3 is 2.69 bits per heavy atom. The number of rotatable bonds is 6. The predicted molar refractivity (Wildman–Crippen MR) is 110 cm³/mol. The summed E-state index contributed by atoms with van der Waals surface area (Å²) in [7, 11) is 0. The molecule has 4 aromatic rings. The minimum absolute atomic E-state index is 0.164. The second kappa shape index (κ2) is 8.29. The first-order chi connectivity index (χ1) is 14.2. The number of hydrogen-bond acceptors (Lipinski definition) is 7. The fourth-order valence-corrected chi connectivity index (χ4v) is 3.77. The summed E-state index contributed by atoms with van der Waals surface area (Å²) in [6.07, 6.45) is 1.67. The molecule has 0 radical (unpaired) electrons. The maximum Gasteiger partial charge on any atom is 0.266 e. The largest absolute Gasteiger partial charge is 0.339 e. The maximum atomic E-state index is 13.2. The van der Waals surface area contributed by atoms with Crippen LogP contribution in [-0.2, 0) is 12.2 Å². The Morgan fingerprint density at radius 2 is 1.93 bits per heavy atom. The lowest BCUT2D eigenvalue weighted by Crippen LogP contribution is -2.21. The number of benzene rings is 2. The molecule has 7 nitrogen and oxygen atoms in total. The van der Waals surface area contributed by atoms with Crippen LogP contribution in [0.5, 0.6) is 0 Å². The summed E-state index contributed by atoms with van der Waals surface area (Å²) in [5.41, 5.74) is 1.64. The number of aryl methyl sites for hydroxylation is 1. The van der Waals surface area contributed by atoms with Gasteiger partial charge in [0.2, 0.25) is 5.89 Å². The van der Waals surface area contributed by atoms with Gasteiger partial charge in [-0.25, -0.2) is 4.98 Å². The lowest BCUT2D eigenvalue weighted by Gasteiger charge is -2.12. The molecule has 0 unspecified atom stereocenters. The molecule has 0 bridgehead atoms. The van der Waals surface area contributed by atoms with Crippen LogP contribution in [0.4, 0.5) is 0 Å². The average Bonchev–Trinajstić information content (AvgIpc) is 3.20. The minimum atomic E-state index is -0.164. The van der Waals surface area contributed by atoms with Crippen molar-refractivity contribution in [2.75, 3.05) is 0 Å². The molecular formula is C21H17N5O2S. The third-order valence-corrected chi connectivity index (χ3v) is 5.24. The fourth-order valence-electron chi connectivity index (χ4n) is 2.92.